The normalized spacial score (nSPS) is 13.7. The van der Waals surface area contributed by atoms with Crippen LogP contribution in [0.4, 0.5) is 8.78 Å². The number of benzene rings is 1. The first-order valence-corrected chi connectivity index (χ1v) is 6.86. The van der Waals surface area contributed by atoms with Gasteiger partial charge in [-0.2, -0.15) is 0 Å². The zero-order valence-corrected chi connectivity index (χ0v) is 12.9. The summed E-state index contributed by atoms with van der Waals surface area (Å²) in [6.07, 6.45) is 1.24. The van der Waals surface area contributed by atoms with Gasteiger partial charge < -0.3 is 5.32 Å². The Balaban J connectivity index is 2.93. The maximum atomic E-state index is 13.9. The van der Waals surface area contributed by atoms with Crippen LogP contribution in [0.1, 0.15) is 32.8 Å². The lowest BCUT2D eigenvalue weighted by Crippen LogP contribution is -2.30. The predicted molar refractivity (Wildman–Crippen MR) is 74.7 cm³/mol. The summed E-state index contributed by atoms with van der Waals surface area (Å²) in [7, 11) is 1.89. The molecule has 102 valence electrons. The number of hydrogen-bond donors (Lipinski definition) is 1. The monoisotopic (exact) mass is 319 g/mol. The van der Waals surface area contributed by atoms with Gasteiger partial charge in [0, 0.05) is 11.6 Å². The molecule has 0 saturated heterocycles. The smallest absolute Gasteiger partial charge is 0.143 e. The van der Waals surface area contributed by atoms with E-state index in [2.05, 4.69) is 28.2 Å². The van der Waals surface area contributed by atoms with Gasteiger partial charge in [-0.25, -0.2) is 8.78 Å². The Morgan fingerprint density at radius 2 is 1.94 bits per heavy atom. The fourth-order valence-electron chi connectivity index (χ4n) is 2.21. The number of nitrogens with one attached hydrogen (secondary N) is 1. The van der Waals surface area contributed by atoms with Crippen LogP contribution < -0.4 is 5.32 Å². The molecule has 1 N–H and O–H groups in total. The third kappa shape index (κ3) is 4.02. The van der Waals surface area contributed by atoms with Gasteiger partial charge in [0.05, 0.1) is 4.47 Å². The molecule has 0 spiro atoms. The molecule has 0 saturated carbocycles. The van der Waals surface area contributed by atoms with E-state index in [0.717, 1.165) is 6.42 Å². The molecule has 0 radical (unpaired) electrons. The number of hydrogen-bond acceptors (Lipinski definition) is 1. The summed E-state index contributed by atoms with van der Waals surface area (Å²) >= 11 is 3.10. The lowest BCUT2D eigenvalue weighted by Gasteiger charge is -2.28. The first kappa shape index (κ1) is 15.6. The van der Waals surface area contributed by atoms with Crippen molar-refractivity contribution in [2.24, 2.45) is 5.41 Å². The van der Waals surface area contributed by atoms with E-state index in [9.17, 15) is 8.78 Å². The lowest BCUT2D eigenvalue weighted by atomic mass is 9.80. The number of halogens is 3. The van der Waals surface area contributed by atoms with Gasteiger partial charge in [-0.1, -0.05) is 13.8 Å². The van der Waals surface area contributed by atoms with Crippen LogP contribution in [0.3, 0.4) is 0 Å². The number of rotatable bonds is 5. The first-order chi connectivity index (χ1) is 8.26. The molecule has 0 heterocycles. The predicted octanol–water partition coefficient (Wildman–Crippen LogP) is 4.29. The van der Waals surface area contributed by atoms with Crippen molar-refractivity contribution in [3.8, 4) is 0 Å². The van der Waals surface area contributed by atoms with Gasteiger partial charge in [0.25, 0.3) is 0 Å². The Bertz CT molecular complexity index is 419. The molecular formula is C14H20BrF2N. The first-order valence-electron chi connectivity index (χ1n) is 6.06. The molecule has 0 aliphatic rings. The Kier molecular flexibility index (Phi) is 5.29. The highest BCUT2D eigenvalue weighted by Gasteiger charge is 2.25. The summed E-state index contributed by atoms with van der Waals surface area (Å²) in [5, 5.41) is 3.15. The lowest BCUT2D eigenvalue weighted by molar-refractivity contribution is 0.286. The van der Waals surface area contributed by atoms with Crippen LogP contribution in [0.5, 0.6) is 0 Å². The summed E-state index contributed by atoms with van der Waals surface area (Å²) in [5.74, 6) is -0.957. The minimum Gasteiger partial charge on any atom is -0.317 e. The minimum absolute atomic E-state index is 0.162. The van der Waals surface area contributed by atoms with Crippen LogP contribution in [0, 0.1) is 17.0 Å². The summed E-state index contributed by atoms with van der Waals surface area (Å²) < 4.78 is 27.9. The van der Waals surface area contributed by atoms with Crippen molar-refractivity contribution in [2.75, 3.05) is 7.05 Å². The Labute approximate surface area is 116 Å². The molecule has 4 heteroatoms. The van der Waals surface area contributed by atoms with E-state index >= 15 is 0 Å². The molecular weight excluding hydrogens is 300 g/mol. The van der Waals surface area contributed by atoms with Crippen molar-refractivity contribution < 1.29 is 8.78 Å². The van der Waals surface area contributed by atoms with Gasteiger partial charge in [-0.15, -0.1) is 0 Å². The van der Waals surface area contributed by atoms with Crippen LogP contribution in [0.15, 0.2) is 16.6 Å². The van der Waals surface area contributed by atoms with Crippen LogP contribution in [0.25, 0.3) is 0 Å². The fraction of sp³-hybridized carbons (Fsp3) is 0.571. The van der Waals surface area contributed by atoms with Crippen molar-refractivity contribution in [3.05, 3.63) is 33.8 Å². The average Bonchev–Trinajstić information content (AvgIpc) is 2.29. The third-order valence-corrected chi connectivity index (χ3v) is 3.76. The highest BCUT2D eigenvalue weighted by Crippen LogP contribution is 2.31. The molecule has 1 aromatic rings. The van der Waals surface area contributed by atoms with Crippen molar-refractivity contribution in [2.45, 2.75) is 39.7 Å². The van der Waals surface area contributed by atoms with E-state index in [4.69, 9.17) is 0 Å². The summed E-state index contributed by atoms with van der Waals surface area (Å²) in [6, 6.07) is 3.02. The Morgan fingerprint density at radius 3 is 2.50 bits per heavy atom. The largest absolute Gasteiger partial charge is 0.317 e. The van der Waals surface area contributed by atoms with Gasteiger partial charge in [0.15, 0.2) is 0 Å². The van der Waals surface area contributed by atoms with Crippen LogP contribution in [-0.2, 0) is 6.42 Å². The van der Waals surface area contributed by atoms with Crippen molar-refractivity contribution in [1.29, 1.82) is 0 Å². The molecule has 0 aliphatic heterocycles. The second-order valence-corrected chi connectivity index (χ2v) is 6.41. The van der Waals surface area contributed by atoms with Crippen molar-refractivity contribution in [3.63, 3.8) is 0 Å². The van der Waals surface area contributed by atoms with Crippen LogP contribution in [-0.4, -0.2) is 13.1 Å². The molecule has 1 unspecified atom stereocenters. The van der Waals surface area contributed by atoms with Gasteiger partial charge in [-0.05, 0) is 60.3 Å². The van der Waals surface area contributed by atoms with E-state index < -0.39 is 11.6 Å². The van der Waals surface area contributed by atoms with Crippen LogP contribution >= 0.6 is 15.9 Å². The van der Waals surface area contributed by atoms with E-state index in [1.807, 2.05) is 20.9 Å². The minimum atomic E-state index is -0.486. The van der Waals surface area contributed by atoms with E-state index in [0.29, 0.717) is 16.9 Å². The molecule has 1 aromatic carbocycles. The average molecular weight is 320 g/mol. The molecule has 1 atom stereocenters. The SMILES string of the molecule is CNC(C)CC(C)(C)Cc1c(F)ccc(Br)c1F. The van der Waals surface area contributed by atoms with Crippen molar-refractivity contribution >= 4 is 15.9 Å². The van der Waals surface area contributed by atoms with Crippen LogP contribution in [0.2, 0.25) is 0 Å². The highest BCUT2D eigenvalue weighted by atomic mass is 79.9. The fourth-order valence-corrected chi connectivity index (χ4v) is 2.58. The van der Waals surface area contributed by atoms with E-state index in [-0.39, 0.29) is 11.0 Å². The molecule has 1 nitrogen and oxygen atoms in total. The molecule has 0 amide bonds. The zero-order valence-electron chi connectivity index (χ0n) is 11.3. The maximum Gasteiger partial charge on any atom is 0.143 e. The topological polar surface area (TPSA) is 12.0 Å². The van der Waals surface area contributed by atoms with Gasteiger partial charge >= 0.3 is 0 Å². The quantitative estimate of drug-likeness (QED) is 0.798. The van der Waals surface area contributed by atoms with E-state index in [1.165, 1.54) is 12.1 Å². The summed E-state index contributed by atoms with van der Waals surface area (Å²) in [6.45, 7) is 6.12. The Morgan fingerprint density at radius 1 is 1.33 bits per heavy atom. The Hall–Kier alpha value is -0.480. The molecule has 0 fully saturated rings. The van der Waals surface area contributed by atoms with Gasteiger partial charge in [0.2, 0.25) is 0 Å². The molecule has 0 aliphatic carbocycles. The molecule has 0 bridgehead atoms. The van der Waals surface area contributed by atoms with E-state index in [1.54, 1.807) is 0 Å². The zero-order chi connectivity index (χ0) is 13.9. The van der Waals surface area contributed by atoms with Gasteiger partial charge in [0.1, 0.15) is 11.6 Å². The summed E-state index contributed by atoms with van der Waals surface area (Å²) in [4.78, 5) is 0. The summed E-state index contributed by atoms with van der Waals surface area (Å²) in [5.41, 5.74) is 0.00271. The van der Waals surface area contributed by atoms with Crippen molar-refractivity contribution in [1.82, 2.24) is 5.32 Å². The second kappa shape index (κ2) is 6.11. The third-order valence-electron chi connectivity index (χ3n) is 3.15. The molecule has 0 aromatic heterocycles. The second-order valence-electron chi connectivity index (χ2n) is 5.56. The highest BCUT2D eigenvalue weighted by molar-refractivity contribution is 9.10. The molecule has 1 rings (SSSR count). The maximum absolute atomic E-state index is 13.9. The standard InChI is InChI=1S/C14H20BrF2N/c1-9(18-4)7-14(2,3)8-10-12(16)6-5-11(15)13(10)17/h5-6,9,18H,7-8H2,1-4H3. The van der Waals surface area contributed by atoms with Gasteiger partial charge in [-0.3, -0.25) is 0 Å². The molecule has 18 heavy (non-hydrogen) atoms.